The Balaban J connectivity index is 1.76. The zero-order valence-corrected chi connectivity index (χ0v) is 14.2. The van der Waals surface area contributed by atoms with Crippen LogP contribution in [0, 0.1) is 17.8 Å². The van der Waals surface area contributed by atoms with Gasteiger partial charge in [0.05, 0.1) is 0 Å². The molecule has 2 aliphatic rings. The van der Waals surface area contributed by atoms with Crippen molar-refractivity contribution in [2.45, 2.75) is 84.2 Å². The molecule has 3 nitrogen and oxygen atoms in total. The van der Waals surface area contributed by atoms with Crippen LogP contribution in [0.5, 0.6) is 0 Å². The molecular formula is C18H34N2O. The Labute approximate surface area is 130 Å². The van der Waals surface area contributed by atoms with E-state index >= 15 is 0 Å². The molecule has 0 radical (unpaired) electrons. The van der Waals surface area contributed by atoms with E-state index in [1.807, 2.05) is 0 Å². The second kappa shape index (κ2) is 8.17. The number of nitrogens with one attached hydrogen (secondary N) is 2. The number of hydrogen-bond acceptors (Lipinski definition) is 2. The standard InChI is InChI=1S/C18H34N2O/c1-13(2)16-9-7-14(3)12-17(16)20-18(21)10-8-15-6-4-5-11-19-15/h13-17,19H,4-12H2,1-3H3,(H,20,21). The zero-order chi connectivity index (χ0) is 15.2. The lowest BCUT2D eigenvalue weighted by Gasteiger charge is -2.38. The monoisotopic (exact) mass is 294 g/mol. The van der Waals surface area contributed by atoms with Gasteiger partial charge in [-0.25, -0.2) is 0 Å². The van der Waals surface area contributed by atoms with Crippen molar-refractivity contribution in [1.29, 1.82) is 0 Å². The molecule has 2 rings (SSSR count). The van der Waals surface area contributed by atoms with E-state index < -0.39 is 0 Å². The fourth-order valence-electron chi connectivity index (χ4n) is 4.12. The topological polar surface area (TPSA) is 41.1 Å². The summed E-state index contributed by atoms with van der Waals surface area (Å²) in [5.74, 6) is 2.36. The average molecular weight is 294 g/mol. The van der Waals surface area contributed by atoms with Crippen molar-refractivity contribution in [3.63, 3.8) is 0 Å². The Morgan fingerprint density at radius 3 is 2.71 bits per heavy atom. The minimum Gasteiger partial charge on any atom is -0.353 e. The van der Waals surface area contributed by atoms with Crippen LogP contribution in [0.4, 0.5) is 0 Å². The minimum atomic E-state index is 0.270. The third-order valence-electron chi connectivity index (χ3n) is 5.50. The molecule has 4 unspecified atom stereocenters. The molecule has 122 valence electrons. The number of amides is 1. The van der Waals surface area contributed by atoms with Crippen molar-refractivity contribution in [3.8, 4) is 0 Å². The molecule has 0 aromatic carbocycles. The molecule has 1 aliphatic carbocycles. The van der Waals surface area contributed by atoms with Gasteiger partial charge < -0.3 is 10.6 Å². The van der Waals surface area contributed by atoms with Crippen LogP contribution < -0.4 is 10.6 Å². The predicted octanol–water partition coefficient (Wildman–Crippen LogP) is 3.49. The lowest BCUT2D eigenvalue weighted by atomic mass is 9.74. The maximum Gasteiger partial charge on any atom is 0.220 e. The van der Waals surface area contributed by atoms with E-state index in [9.17, 15) is 4.79 Å². The average Bonchev–Trinajstić information content (AvgIpc) is 2.46. The second-order valence-electron chi connectivity index (χ2n) is 7.69. The Morgan fingerprint density at radius 2 is 2.05 bits per heavy atom. The highest BCUT2D eigenvalue weighted by atomic mass is 16.1. The first-order valence-electron chi connectivity index (χ1n) is 9.09. The van der Waals surface area contributed by atoms with Crippen molar-refractivity contribution in [2.24, 2.45) is 17.8 Å². The van der Waals surface area contributed by atoms with Crippen LogP contribution in [0.15, 0.2) is 0 Å². The third-order valence-corrected chi connectivity index (χ3v) is 5.50. The Morgan fingerprint density at radius 1 is 1.24 bits per heavy atom. The smallest absolute Gasteiger partial charge is 0.220 e. The van der Waals surface area contributed by atoms with Gasteiger partial charge in [0.15, 0.2) is 0 Å². The van der Waals surface area contributed by atoms with E-state index in [2.05, 4.69) is 31.4 Å². The van der Waals surface area contributed by atoms with Gasteiger partial charge >= 0.3 is 0 Å². The van der Waals surface area contributed by atoms with Crippen molar-refractivity contribution in [1.82, 2.24) is 10.6 Å². The van der Waals surface area contributed by atoms with E-state index in [0.29, 0.717) is 30.3 Å². The van der Waals surface area contributed by atoms with E-state index in [1.54, 1.807) is 0 Å². The highest BCUT2D eigenvalue weighted by Gasteiger charge is 2.31. The Bertz CT molecular complexity index is 323. The fraction of sp³-hybridized carbons (Fsp3) is 0.944. The van der Waals surface area contributed by atoms with Crippen LogP contribution in [0.2, 0.25) is 0 Å². The van der Waals surface area contributed by atoms with Gasteiger partial charge in [0, 0.05) is 18.5 Å². The summed E-state index contributed by atoms with van der Waals surface area (Å²) in [4.78, 5) is 12.3. The molecule has 1 saturated carbocycles. The second-order valence-corrected chi connectivity index (χ2v) is 7.69. The van der Waals surface area contributed by atoms with Crippen LogP contribution in [0.1, 0.15) is 72.1 Å². The van der Waals surface area contributed by atoms with Gasteiger partial charge in [0.25, 0.3) is 0 Å². The summed E-state index contributed by atoms with van der Waals surface area (Å²) in [6.07, 6.45) is 9.29. The fourth-order valence-corrected chi connectivity index (χ4v) is 4.12. The van der Waals surface area contributed by atoms with Gasteiger partial charge in [-0.05, 0) is 56.4 Å². The van der Waals surface area contributed by atoms with Crippen molar-refractivity contribution < 1.29 is 4.79 Å². The summed E-state index contributed by atoms with van der Waals surface area (Å²) in [6, 6.07) is 0.969. The molecule has 4 atom stereocenters. The first-order chi connectivity index (χ1) is 10.1. The SMILES string of the molecule is CC1CCC(C(C)C)C(NC(=O)CCC2CCCCN2)C1. The number of piperidine rings is 1. The van der Waals surface area contributed by atoms with Crippen molar-refractivity contribution in [2.75, 3.05) is 6.54 Å². The number of rotatable bonds is 5. The third kappa shape index (κ3) is 5.28. The van der Waals surface area contributed by atoms with Crippen molar-refractivity contribution in [3.05, 3.63) is 0 Å². The van der Waals surface area contributed by atoms with Crippen LogP contribution in [0.25, 0.3) is 0 Å². The van der Waals surface area contributed by atoms with Gasteiger partial charge in [-0.1, -0.05) is 33.6 Å². The summed E-state index contributed by atoms with van der Waals surface area (Å²) in [6.45, 7) is 8.04. The van der Waals surface area contributed by atoms with Crippen LogP contribution in [-0.4, -0.2) is 24.5 Å². The molecule has 0 aromatic rings. The van der Waals surface area contributed by atoms with Gasteiger partial charge in [-0.15, -0.1) is 0 Å². The molecule has 0 bridgehead atoms. The molecule has 2 fully saturated rings. The first kappa shape index (κ1) is 16.8. The molecule has 0 spiro atoms. The number of carbonyl (C=O) groups is 1. The van der Waals surface area contributed by atoms with E-state index in [4.69, 9.17) is 0 Å². The largest absolute Gasteiger partial charge is 0.353 e. The van der Waals surface area contributed by atoms with Gasteiger partial charge in [-0.3, -0.25) is 4.79 Å². The molecule has 1 aliphatic heterocycles. The summed E-state index contributed by atoms with van der Waals surface area (Å²) >= 11 is 0. The van der Waals surface area contributed by atoms with Crippen LogP contribution in [-0.2, 0) is 4.79 Å². The molecule has 3 heteroatoms. The number of hydrogen-bond donors (Lipinski definition) is 2. The summed E-state index contributed by atoms with van der Waals surface area (Å²) < 4.78 is 0. The van der Waals surface area contributed by atoms with E-state index in [-0.39, 0.29) is 5.91 Å². The van der Waals surface area contributed by atoms with Crippen LogP contribution in [0.3, 0.4) is 0 Å². The number of carbonyl (C=O) groups excluding carboxylic acids is 1. The molecule has 1 heterocycles. The lowest BCUT2D eigenvalue weighted by molar-refractivity contribution is -0.123. The van der Waals surface area contributed by atoms with Crippen LogP contribution >= 0.6 is 0 Å². The highest BCUT2D eigenvalue weighted by molar-refractivity contribution is 5.76. The van der Waals surface area contributed by atoms with E-state index in [0.717, 1.165) is 25.3 Å². The first-order valence-corrected chi connectivity index (χ1v) is 9.09. The predicted molar refractivity (Wildman–Crippen MR) is 88.1 cm³/mol. The van der Waals surface area contributed by atoms with Gasteiger partial charge in [-0.2, -0.15) is 0 Å². The molecule has 0 aromatic heterocycles. The summed E-state index contributed by atoms with van der Waals surface area (Å²) in [5.41, 5.74) is 0. The lowest BCUT2D eigenvalue weighted by Crippen LogP contribution is -2.46. The maximum absolute atomic E-state index is 12.3. The van der Waals surface area contributed by atoms with Crippen molar-refractivity contribution >= 4 is 5.91 Å². The zero-order valence-electron chi connectivity index (χ0n) is 14.2. The Hall–Kier alpha value is -0.570. The quantitative estimate of drug-likeness (QED) is 0.815. The molecule has 21 heavy (non-hydrogen) atoms. The molecule has 2 N–H and O–H groups in total. The summed E-state index contributed by atoms with van der Waals surface area (Å²) in [5, 5.41) is 6.89. The van der Waals surface area contributed by atoms with Gasteiger partial charge in [0.2, 0.25) is 5.91 Å². The molecule has 1 amide bonds. The Kier molecular flexibility index (Phi) is 6.53. The highest BCUT2D eigenvalue weighted by Crippen LogP contribution is 2.33. The summed E-state index contributed by atoms with van der Waals surface area (Å²) in [7, 11) is 0. The van der Waals surface area contributed by atoms with Gasteiger partial charge in [0.1, 0.15) is 0 Å². The maximum atomic E-state index is 12.3. The molecular weight excluding hydrogens is 260 g/mol. The normalized spacial score (nSPS) is 33.9. The minimum absolute atomic E-state index is 0.270. The molecule has 1 saturated heterocycles. The van der Waals surface area contributed by atoms with E-state index in [1.165, 1.54) is 32.1 Å².